The quantitative estimate of drug-likeness (QED) is 0.760. The smallest absolute Gasteiger partial charge is 0.270 e. The Labute approximate surface area is 104 Å². The molecule has 0 saturated heterocycles. The Morgan fingerprint density at radius 1 is 1.41 bits per heavy atom. The average molecular weight is 272 g/mol. The van der Waals surface area contributed by atoms with Crippen LogP contribution in [0.15, 0.2) is 22.0 Å². The van der Waals surface area contributed by atoms with Crippen molar-refractivity contribution in [2.45, 2.75) is 4.90 Å². The van der Waals surface area contributed by atoms with Crippen LogP contribution >= 0.6 is 11.3 Å². The molecule has 1 aromatic rings. The van der Waals surface area contributed by atoms with Gasteiger partial charge in [-0.3, -0.25) is 9.10 Å². The maximum Gasteiger partial charge on any atom is 0.270 e. The number of fused-ring (bicyclic) bond motifs is 1. The molecule has 1 amide bonds. The molecule has 0 atom stereocenters. The molecule has 2 heterocycles. The molecule has 0 aromatic carbocycles. The van der Waals surface area contributed by atoms with Crippen LogP contribution in [0.3, 0.4) is 0 Å². The zero-order valence-corrected chi connectivity index (χ0v) is 11.3. The van der Waals surface area contributed by atoms with E-state index in [-0.39, 0.29) is 16.5 Å². The van der Waals surface area contributed by atoms with Crippen LogP contribution in [-0.2, 0) is 14.8 Å². The minimum Gasteiger partial charge on any atom is -0.343 e. The normalized spacial score (nSPS) is 17.4. The second-order valence-electron chi connectivity index (χ2n) is 3.85. The number of hydrogen-bond acceptors (Lipinski definition) is 4. The largest absolute Gasteiger partial charge is 0.343 e. The summed E-state index contributed by atoms with van der Waals surface area (Å²) < 4.78 is 25.3. The zero-order valence-electron chi connectivity index (χ0n) is 9.67. The van der Waals surface area contributed by atoms with E-state index in [1.807, 2.05) is 0 Å². The molecule has 0 N–H and O–H groups in total. The first-order valence-electron chi connectivity index (χ1n) is 4.85. The zero-order chi connectivity index (χ0) is 12.8. The van der Waals surface area contributed by atoms with Gasteiger partial charge in [-0.1, -0.05) is 0 Å². The molecule has 0 radical (unpaired) electrons. The van der Waals surface area contributed by atoms with Crippen LogP contribution in [0.4, 0.5) is 0 Å². The van der Waals surface area contributed by atoms with E-state index in [1.54, 1.807) is 31.6 Å². The lowest BCUT2D eigenvalue weighted by Gasteiger charge is -2.26. The molecule has 0 aliphatic carbocycles. The van der Waals surface area contributed by atoms with Gasteiger partial charge < -0.3 is 4.90 Å². The number of carbonyl (C=O) groups is 1. The minimum absolute atomic E-state index is 0.171. The van der Waals surface area contributed by atoms with Crippen molar-refractivity contribution < 1.29 is 13.2 Å². The average Bonchev–Trinajstić information content (AvgIpc) is 2.71. The number of thiophene rings is 1. The van der Waals surface area contributed by atoms with Crippen LogP contribution in [0.1, 0.15) is 4.88 Å². The minimum atomic E-state index is -3.58. The third-order valence-electron chi connectivity index (χ3n) is 2.53. The maximum atomic E-state index is 12.1. The summed E-state index contributed by atoms with van der Waals surface area (Å²) >= 11 is 1.31. The molecule has 0 spiro atoms. The molecule has 92 valence electrons. The molecule has 1 aliphatic heterocycles. The van der Waals surface area contributed by atoms with Crippen molar-refractivity contribution in [1.82, 2.24) is 9.21 Å². The first-order chi connectivity index (χ1) is 7.85. The molecule has 0 bridgehead atoms. The Morgan fingerprint density at radius 3 is 2.65 bits per heavy atom. The maximum absolute atomic E-state index is 12.1. The Bertz CT molecular complexity index is 599. The number of rotatable bonds is 1. The van der Waals surface area contributed by atoms with E-state index in [0.29, 0.717) is 4.88 Å². The molecule has 1 aliphatic rings. The lowest BCUT2D eigenvalue weighted by molar-refractivity contribution is -0.125. The van der Waals surface area contributed by atoms with Crippen molar-refractivity contribution in [1.29, 1.82) is 0 Å². The highest BCUT2D eigenvalue weighted by molar-refractivity contribution is 7.89. The van der Waals surface area contributed by atoms with E-state index in [2.05, 4.69) is 0 Å². The van der Waals surface area contributed by atoms with Gasteiger partial charge in [0.1, 0.15) is 10.6 Å². The van der Waals surface area contributed by atoms with Gasteiger partial charge in [0.15, 0.2) is 0 Å². The van der Waals surface area contributed by atoms with Crippen molar-refractivity contribution >= 4 is 33.3 Å². The Hall–Kier alpha value is -1.34. The van der Waals surface area contributed by atoms with Gasteiger partial charge in [-0.15, -0.1) is 11.3 Å². The molecule has 5 nitrogen and oxygen atoms in total. The Kier molecular flexibility index (Phi) is 2.75. The summed E-state index contributed by atoms with van der Waals surface area (Å²) in [6.45, 7) is 0. The second-order valence-corrected chi connectivity index (χ2v) is 6.74. The SMILES string of the molecule is CN(C)C(=O)C1=Cc2sccc2S(=O)(=O)N1C. The number of amides is 1. The monoisotopic (exact) mass is 272 g/mol. The Balaban J connectivity index is 2.62. The highest BCUT2D eigenvalue weighted by Gasteiger charge is 2.34. The molecule has 0 unspecified atom stereocenters. The molecular weight excluding hydrogens is 260 g/mol. The molecule has 0 fully saturated rings. The van der Waals surface area contributed by atoms with Crippen LogP contribution in [0, 0.1) is 0 Å². The van der Waals surface area contributed by atoms with Crippen LogP contribution in [0.5, 0.6) is 0 Å². The predicted octanol–water partition coefficient (Wildman–Crippen LogP) is 0.811. The molecule has 17 heavy (non-hydrogen) atoms. The first kappa shape index (κ1) is 12.1. The molecule has 2 rings (SSSR count). The van der Waals surface area contributed by atoms with Gasteiger partial charge in [0.2, 0.25) is 0 Å². The number of likely N-dealkylation sites (N-methyl/N-ethyl adjacent to an activating group) is 2. The highest BCUT2D eigenvalue weighted by atomic mass is 32.2. The summed E-state index contributed by atoms with van der Waals surface area (Å²) in [6, 6.07) is 1.55. The molecular formula is C10H12N2O3S2. The number of carbonyl (C=O) groups excluding carboxylic acids is 1. The molecule has 7 heteroatoms. The molecule has 0 saturated carbocycles. The lowest BCUT2D eigenvalue weighted by atomic mass is 10.3. The van der Waals surface area contributed by atoms with Gasteiger partial charge in [0.25, 0.3) is 15.9 Å². The van der Waals surface area contributed by atoms with Crippen LogP contribution in [0.2, 0.25) is 0 Å². The lowest BCUT2D eigenvalue weighted by Crippen LogP contribution is -2.37. The summed E-state index contributed by atoms with van der Waals surface area (Å²) in [6.07, 6.45) is 1.61. The standard InChI is InChI=1S/C10H12N2O3S2/c1-11(2)10(13)7-6-8-9(4-5-16-8)17(14,15)12(7)3/h4-6H,1-3H3. The first-order valence-corrected chi connectivity index (χ1v) is 7.17. The summed E-state index contributed by atoms with van der Waals surface area (Å²) in [4.78, 5) is 14.1. The van der Waals surface area contributed by atoms with Crippen molar-refractivity contribution in [3.05, 3.63) is 22.0 Å². The third kappa shape index (κ3) is 1.75. The van der Waals surface area contributed by atoms with E-state index in [1.165, 1.54) is 23.3 Å². The van der Waals surface area contributed by atoms with Gasteiger partial charge in [0.05, 0.1) is 0 Å². The van der Waals surface area contributed by atoms with Crippen molar-refractivity contribution in [2.24, 2.45) is 0 Å². The fourth-order valence-corrected chi connectivity index (χ4v) is 4.04. The fourth-order valence-electron chi connectivity index (χ4n) is 1.55. The summed E-state index contributed by atoms with van der Waals surface area (Å²) in [5.41, 5.74) is 0.171. The molecule has 1 aromatic heterocycles. The van der Waals surface area contributed by atoms with E-state index in [9.17, 15) is 13.2 Å². The van der Waals surface area contributed by atoms with Crippen LogP contribution in [-0.4, -0.2) is 44.7 Å². The van der Waals surface area contributed by atoms with Crippen molar-refractivity contribution in [3.63, 3.8) is 0 Å². The fraction of sp³-hybridized carbons (Fsp3) is 0.300. The topological polar surface area (TPSA) is 57.7 Å². The van der Waals surface area contributed by atoms with Crippen molar-refractivity contribution in [2.75, 3.05) is 21.1 Å². The van der Waals surface area contributed by atoms with Gasteiger partial charge in [0, 0.05) is 26.0 Å². The van der Waals surface area contributed by atoms with Gasteiger partial charge in [-0.05, 0) is 17.5 Å². The van der Waals surface area contributed by atoms with E-state index >= 15 is 0 Å². The van der Waals surface area contributed by atoms with E-state index in [0.717, 1.165) is 4.31 Å². The Morgan fingerprint density at radius 2 is 2.06 bits per heavy atom. The summed E-state index contributed by atoms with van der Waals surface area (Å²) in [5.74, 6) is -0.324. The predicted molar refractivity (Wildman–Crippen MR) is 65.9 cm³/mol. The van der Waals surface area contributed by atoms with Crippen LogP contribution in [0.25, 0.3) is 6.08 Å². The number of sulfonamides is 1. The number of hydrogen-bond donors (Lipinski definition) is 0. The van der Waals surface area contributed by atoms with E-state index in [4.69, 9.17) is 0 Å². The highest BCUT2D eigenvalue weighted by Crippen LogP contribution is 2.33. The van der Waals surface area contributed by atoms with Gasteiger partial charge in [-0.2, -0.15) is 0 Å². The van der Waals surface area contributed by atoms with Crippen LogP contribution < -0.4 is 0 Å². The third-order valence-corrected chi connectivity index (χ3v) is 5.35. The number of nitrogens with zero attached hydrogens (tertiary/aromatic N) is 2. The van der Waals surface area contributed by atoms with Gasteiger partial charge in [-0.25, -0.2) is 8.42 Å². The summed E-state index contributed by atoms with van der Waals surface area (Å²) in [5, 5.41) is 1.70. The summed E-state index contributed by atoms with van der Waals surface area (Å²) in [7, 11) is 0.997. The van der Waals surface area contributed by atoms with Crippen molar-refractivity contribution in [3.8, 4) is 0 Å². The van der Waals surface area contributed by atoms with Gasteiger partial charge >= 0.3 is 0 Å². The second kappa shape index (κ2) is 3.85. The van der Waals surface area contributed by atoms with E-state index < -0.39 is 10.0 Å².